The van der Waals surface area contributed by atoms with E-state index in [-0.39, 0.29) is 18.4 Å². The molecule has 0 amide bonds. The molecule has 1 aliphatic rings. The van der Waals surface area contributed by atoms with Crippen molar-refractivity contribution in [3.63, 3.8) is 0 Å². The minimum Gasteiger partial charge on any atom is -0.494 e. The van der Waals surface area contributed by atoms with Gasteiger partial charge in [0.2, 0.25) is 0 Å². The number of carbonyl (C=O) groups excluding carboxylic acids is 1. The molecule has 31 heavy (non-hydrogen) atoms. The van der Waals surface area contributed by atoms with E-state index in [2.05, 4.69) is 52.3 Å². The number of benzene rings is 2. The Balaban J connectivity index is 0.00000272. The van der Waals surface area contributed by atoms with Gasteiger partial charge in [0.25, 0.3) is 0 Å². The number of hydrogen-bond donors (Lipinski definition) is 0. The average Bonchev–Trinajstić information content (AvgIpc) is 3.20. The number of thiophene rings is 1. The molecule has 1 aromatic heterocycles. The molecular weight excluding hydrogens is 428 g/mol. The van der Waals surface area contributed by atoms with E-state index >= 15 is 0 Å². The SMILES string of the molecule is CCOc1ccc(CN2CCN(C(C)C(=C=O)c3csc4ccccc34)CC2)cc1.Cl. The van der Waals surface area contributed by atoms with Gasteiger partial charge in [-0.3, -0.25) is 9.80 Å². The molecule has 4 nitrogen and oxygen atoms in total. The predicted octanol–water partition coefficient (Wildman–Crippen LogP) is 5.14. The first-order valence-electron chi connectivity index (χ1n) is 10.6. The van der Waals surface area contributed by atoms with Crippen molar-refractivity contribution in [1.29, 1.82) is 0 Å². The summed E-state index contributed by atoms with van der Waals surface area (Å²) < 4.78 is 6.74. The first kappa shape index (κ1) is 23.5. The van der Waals surface area contributed by atoms with Gasteiger partial charge < -0.3 is 4.74 Å². The van der Waals surface area contributed by atoms with Gasteiger partial charge in [0.1, 0.15) is 11.7 Å². The van der Waals surface area contributed by atoms with Crippen LogP contribution in [0.1, 0.15) is 25.0 Å². The zero-order chi connectivity index (χ0) is 20.9. The minimum absolute atomic E-state index is 0. The van der Waals surface area contributed by atoms with Crippen molar-refractivity contribution in [2.75, 3.05) is 32.8 Å². The fourth-order valence-electron chi connectivity index (χ4n) is 4.16. The molecule has 164 valence electrons. The average molecular weight is 457 g/mol. The van der Waals surface area contributed by atoms with Crippen LogP contribution in [0.25, 0.3) is 15.7 Å². The van der Waals surface area contributed by atoms with Gasteiger partial charge in [-0.25, -0.2) is 4.79 Å². The normalized spacial score (nSPS) is 15.8. The number of fused-ring (bicyclic) bond motifs is 1. The highest BCUT2D eigenvalue weighted by Crippen LogP contribution is 2.32. The van der Waals surface area contributed by atoms with Crippen LogP contribution >= 0.6 is 23.7 Å². The molecule has 0 saturated carbocycles. The second kappa shape index (κ2) is 10.9. The second-order valence-electron chi connectivity index (χ2n) is 7.73. The fourth-order valence-corrected chi connectivity index (χ4v) is 5.12. The number of nitrogens with zero attached hydrogens (tertiary/aromatic N) is 2. The Morgan fingerprint density at radius 2 is 1.81 bits per heavy atom. The molecule has 4 rings (SSSR count). The van der Waals surface area contributed by atoms with Gasteiger partial charge in [-0.1, -0.05) is 30.3 Å². The van der Waals surface area contributed by atoms with Crippen molar-refractivity contribution >= 4 is 45.3 Å². The van der Waals surface area contributed by atoms with E-state index in [4.69, 9.17) is 4.74 Å². The molecule has 1 saturated heterocycles. The Morgan fingerprint density at radius 1 is 1.10 bits per heavy atom. The number of halogens is 1. The van der Waals surface area contributed by atoms with E-state index in [9.17, 15) is 4.79 Å². The van der Waals surface area contributed by atoms with Gasteiger partial charge in [0.15, 0.2) is 0 Å². The monoisotopic (exact) mass is 456 g/mol. The van der Waals surface area contributed by atoms with Gasteiger partial charge >= 0.3 is 0 Å². The highest BCUT2D eigenvalue weighted by atomic mass is 35.5. The van der Waals surface area contributed by atoms with E-state index in [0.29, 0.717) is 6.61 Å². The van der Waals surface area contributed by atoms with E-state index in [1.807, 2.05) is 31.2 Å². The Kier molecular flexibility index (Phi) is 8.30. The van der Waals surface area contributed by atoms with Crippen molar-refractivity contribution in [3.8, 4) is 5.75 Å². The van der Waals surface area contributed by atoms with Crippen LogP contribution in [0.3, 0.4) is 0 Å². The third kappa shape index (κ3) is 5.38. The van der Waals surface area contributed by atoms with Gasteiger partial charge in [0.05, 0.1) is 12.2 Å². The van der Waals surface area contributed by atoms with Crippen molar-refractivity contribution < 1.29 is 9.53 Å². The molecule has 0 spiro atoms. The predicted molar refractivity (Wildman–Crippen MR) is 132 cm³/mol. The summed E-state index contributed by atoms with van der Waals surface area (Å²) in [4.78, 5) is 16.8. The molecule has 6 heteroatoms. The zero-order valence-electron chi connectivity index (χ0n) is 18.0. The van der Waals surface area contributed by atoms with Crippen molar-refractivity contribution in [3.05, 3.63) is 65.0 Å². The Bertz CT molecular complexity index is 1040. The molecule has 0 bridgehead atoms. The number of piperazine rings is 1. The van der Waals surface area contributed by atoms with Crippen molar-refractivity contribution in [1.82, 2.24) is 9.80 Å². The maximum absolute atomic E-state index is 11.9. The molecule has 3 aromatic rings. The summed E-state index contributed by atoms with van der Waals surface area (Å²) in [6.07, 6.45) is 0. The van der Waals surface area contributed by atoms with Gasteiger partial charge in [-0.15, -0.1) is 23.7 Å². The van der Waals surface area contributed by atoms with Crippen LogP contribution < -0.4 is 4.74 Å². The molecular formula is C25H29ClN2O2S. The summed E-state index contributed by atoms with van der Waals surface area (Å²) in [6.45, 7) is 9.66. The van der Waals surface area contributed by atoms with Crippen LogP contribution in [0.4, 0.5) is 0 Å². The maximum Gasteiger partial charge on any atom is 0.130 e. The molecule has 1 atom stereocenters. The zero-order valence-corrected chi connectivity index (χ0v) is 19.7. The summed E-state index contributed by atoms with van der Waals surface area (Å²) in [5.41, 5.74) is 3.11. The van der Waals surface area contributed by atoms with Crippen LogP contribution in [-0.4, -0.2) is 54.6 Å². The van der Waals surface area contributed by atoms with E-state index in [1.54, 1.807) is 11.3 Å². The minimum atomic E-state index is 0. The summed E-state index contributed by atoms with van der Waals surface area (Å²) in [7, 11) is 0. The Labute approximate surface area is 194 Å². The summed E-state index contributed by atoms with van der Waals surface area (Å²) in [5.74, 6) is 3.19. The Hall–Kier alpha value is -2.14. The third-order valence-electron chi connectivity index (χ3n) is 5.89. The number of rotatable bonds is 7. The van der Waals surface area contributed by atoms with Gasteiger partial charge in [0, 0.05) is 59.8 Å². The molecule has 0 radical (unpaired) electrons. The summed E-state index contributed by atoms with van der Waals surface area (Å²) >= 11 is 1.69. The fraction of sp³-hybridized carbons (Fsp3) is 0.360. The van der Waals surface area contributed by atoms with Crippen molar-refractivity contribution in [2.24, 2.45) is 0 Å². The lowest BCUT2D eigenvalue weighted by atomic mass is 9.98. The molecule has 0 aliphatic carbocycles. The van der Waals surface area contributed by atoms with Gasteiger partial charge in [-0.05, 0) is 37.6 Å². The largest absolute Gasteiger partial charge is 0.494 e. The standard InChI is InChI=1S/C25H28N2O2S.ClH/c1-3-29-21-10-8-20(9-11-21)16-26-12-14-27(15-13-26)19(2)23(17-28)24-18-30-25-7-5-4-6-22(24)25;/h4-11,18-19H,3,12-16H2,1-2H3;1H. The van der Waals surface area contributed by atoms with Crippen LogP contribution in [0, 0.1) is 0 Å². The lowest BCUT2D eigenvalue weighted by Crippen LogP contribution is -2.49. The lowest BCUT2D eigenvalue weighted by Gasteiger charge is -2.38. The van der Waals surface area contributed by atoms with Crippen LogP contribution in [0.5, 0.6) is 5.75 Å². The number of hydrogen-bond acceptors (Lipinski definition) is 5. The molecule has 0 N–H and O–H groups in total. The summed E-state index contributed by atoms with van der Waals surface area (Å²) in [6, 6.07) is 16.7. The first-order chi connectivity index (χ1) is 14.7. The highest BCUT2D eigenvalue weighted by Gasteiger charge is 2.26. The van der Waals surface area contributed by atoms with E-state index in [1.165, 1.54) is 10.3 Å². The molecule has 1 unspecified atom stereocenters. The maximum atomic E-state index is 11.9. The smallest absolute Gasteiger partial charge is 0.130 e. The molecule has 2 heterocycles. The summed E-state index contributed by atoms with van der Waals surface area (Å²) in [5, 5.41) is 3.26. The Morgan fingerprint density at radius 3 is 2.48 bits per heavy atom. The van der Waals surface area contributed by atoms with Crippen LogP contribution in [0.2, 0.25) is 0 Å². The molecule has 1 fully saturated rings. The third-order valence-corrected chi connectivity index (χ3v) is 6.86. The molecule has 2 aromatic carbocycles. The lowest BCUT2D eigenvalue weighted by molar-refractivity contribution is 0.115. The second-order valence-corrected chi connectivity index (χ2v) is 8.64. The first-order valence-corrected chi connectivity index (χ1v) is 11.5. The topological polar surface area (TPSA) is 32.8 Å². The van der Waals surface area contributed by atoms with Crippen LogP contribution in [-0.2, 0) is 11.3 Å². The highest BCUT2D eigenvalue weighted by molar-refractivity contribution is 7.17. The molecule has 1 aliphatic heterocycles. The number of ether oxygens (including phenoxy) is 1. The van der Waals surface area contributed by atoms with Gasteiger partial charge in [-0.2, -0.15) is 0 Å². The van der Waals surface area contributed by atoms with E-state index in [0.717, 1.165) is 55.0 Å². The quantitative estimate of drug-likeness (QED) is 0.460. The van der Waals surface area contributed by atoms with E-state index < -0.39 is 0 Å². The van der Waals surface area contributed by atoms with Crippen molar-refractivity contribution in [2.45, 2.75) is 26.4 Å². The van der Waals surface area contributed by atoms with Crippen LogP contribution in [0.15, 0.2) is 53.9 Å².